The van der Waals surface area contributed by atoms with Crippen molar-refractivity contribution < 1.29 is 4.79 Å². The van der Waals surface area contributed by atoms with E-state index in [2.05, 4.69) is 16.9 Å². The maximum absolute atomic E-state index is 11.2. The Kier molecular flexibility index (Phi) is 2.25. The molecule has 1 heterocycles. The summed E-state index contributed by atoms with van der Waals surface area (Å²) in [5, 5.41) is 2.72. The molecule has 0 spiro atoms. The molecule has 1 amide bonds. The molecule has 0 aliphatic rings. The van der Waals surface area contributed by atoms with Crippen LogP contribution in [0.4, 0.5) is 5.69 Å². The van der Waals surface area contributed by atoms with Crippen LogP contribution in [-0.2, 0) is 11.8 Å². The Balaban J connectivity index is 2.51. The van der Waals surface area contributed by atoms with Crippen molar-refractivity contribution in [2.45, 2.75) is 0 Å². The summed E-state index contributed by atoms with van der Waals surface area (Å²) in [4.78, 5) is 15.4. The molecular formula is C11H11N3O. The average Bonchev–Trinajstić information content (AvgIpc) is 2.62. The minimum Gasteiger partial charge on any atom is -0.334 e. The molecule has 0 unspecified atom stereocenters. The zero-order chi connectivity index (χ0) is 10.8. The maximum atomic E-state index is 11.2. The Hall–Kier alpha value is -2.10. The third-order valence-electron chi connectivity index (χ3n) is 2.20. The van der Waals surface area contributed by atoms with Crippen LogP contribution in [0, 0.1) is 0 Å². The highest BCUT2D eigenvalue weighted by molar-refractivity contribution is 6.04. The number of aryl methyl sites for hydroxylation is 1. The third kappa shape index (κ3) is 1.61. The molecule has 1 aromatic carbocycles. The summed E-state index contributed by atoms with van der Waals surface area (Å²) in [7, 11) is 1.91. The molecule has 0 radical (unpaired) electrons. The number of aromatic nitrogens is 2. The molecule has 2 aromatic rings. The number of nitrogens with one attached hydrogen (secondary N) is 1. The van der Waals surface area contributed by atoms with E-state index in [1.165, 1.54) is 6.08 Å². The molecule has 2 rings (SSSR count). The quantitative estimate of drug-likeness (QED) is 0.752. The number of hydrogen-bond donors (Lipinski definition) is 1. The van der Waals surface area contributed by atoms with Gasteiger partial charge in [0, 0.05) is 7.05 Å². The lowest BCUT2D eigenvalue weighted by atomic mass is 10.2. The van der Waals surface area contributed by atoms with Crippen molar-refractivity contribution in [1.82, 2.24) is 9.55 Å². The van der Waals surface area contributed by atoms with Crippen molar-refractivity contribution in [3.05, 3.63) is 37.2 Å². The number of imidazole rings is 1. The Labute approximate surface area is 87.2 Å². The number of nitrogens with zero attached hydrogens (tertiary/aromatic N) is 2. The van der Waals surface area contributed by atoms with Crippen molar-refractivity contribution >= 4 is 22.6 Å². The highest BCUT2D eigenvalue weighted by atomic mass is 16.1. The predicted octanol–water partition coefficient (Wildman–Crippen LogP) is 1.70. The van der Waals surface area contributed by atoms with Gasteiger partial charge < -0.3 is 9.88 Å². The summed E-state index contributed by atoms with van der Waals surface area (Å²) >= 11 is 0. The van der Waals surface area contributed by atoms with Crippen LogP contribution in [0.1, 0.15) is 0 Å². The number of anilines is 1. The molecule has 76 valence electrons. The number of fused-ring (bicyclic) bond motifs is 1. The van der Waals surface area contributed by atoms with E-state index in [1.54, 1.807) is 6.33 Å². The van der Waals surface area contributed by atoms with E-state index in [9.17, 15) is 4.79 Å². The number of benzene rings is 1. The highest BCUT2D eigenvalue weighted by Crippen LogP contribution is 2.20. The van der Waals surface area contributed by atoms with E-state index in [1.807, 2.05) is 29.8 Å². The fourth-order valence-corrected chi connectivity index (χ4v) is 1.44. The van der Waals surface area contributed by atoms with Gasteiger partial charge in [0.2, 0.25) is 5.91 Å². The molecule has 0 atom stereocenters. The normalized spacial score (nSPS) is 10.2. The minimum atomic E-state index is -0.229. The minimum absolute atomic E-state index is 0.229. The Morgan fingerprint density at radius 1 is 1.60 bits per heavy atom. The maximum Gasteiger partial charge on any atom is 0.247 e. The largest absolute Gasteiger partial charge is 0.334 e. The van der Waals surface area contributed by atoms with Crippen molar-refractivity contribution in [3.8, 4) is 0 Å². The highest BCUT2D eigenvalue weighted by Gasteiger charge is 2.06. The number of para-hydroxylation sites is 1. The van der Waals surface area contributed by atoms with Crippen LogP contribution >= 0.6 is 0 Å². The lowest BCUT2D eigenvalue weighted by molar-refractivity contribution is -0.111. The van der Waals surface area contributed by atoms with Crippen molar-refractivity contribution in [2.75, 3.05) is 5.32 Å². The van der Waals surface area contributed by atoms with Gasteiger partial charge in [-0.25, -0.2) is 4.98 Å². The van der Waals surface area contributed by atoms with Crippen molar-refractivity contribution in [2.24, 2.45) is 7.05 Å². The van der Waals surface area contributed by atoms with E-state index in [0.717, 1.165) is 11.0 Å². The predicted molar refractivity (Wildman–Crippen MR) is 59.5 cm³/mol. The Bertz CT molecular complexity index is 528. The zero-order valence-electron chi connectivity index (χ0n) is 8.40. The topological polar surface area (TPSA) is 46.9 Å². The fraction of sp³-hybridized carbons (Fsp3) is 0.0909. The second-order valence-corrected chi connectivity index (χ2v) is 3.22. The monoisotopic (exact) mass is 201 g/mol. The SMILES string of the molecule is C=CC(=O)Nc1cccc2c1ncn2C. The summed E-state index contributed by atoms with van der Waals surface area (Å²) in [5.74, 6) is -0.229. The smallest absolute Gasteiger partial charge is 0.247 e. The number of amides is 1. The van der Waals surface area contributed by atoms with Gasteiger partial charge in [0.1, 0.15) is 5.52 Å². The molecule has 1 aromatic heterocycles. The number of rotatable bonds is 2. The summed E-state index contributed by atoms with van der Waals surface area (Å²) in [5.41, 5.74) is 2.48. The molecule has 4 nitrogen and oxygen atoms in total. The van der Waals surface area contributed by atoms with Gasteiger partial charge in [0.15, 0.2) is 0 Å². The molecule has 15 heavy (non-hydrogen) atoms. The van der Waals surface area contributed by atoms with Gasteiger partial charge in [-0.3, -0.25) is 4.79 Å². The summed E-state index contributed by atoms with van der Waals surface area (Å²) in [6, 6.07) is 5.64. The number of carbonyl (C=O) groups excluding carboxylic acids is 1. The average molecular weight is 201 g/mol. The third-order valence-corrected chi connectivity index (χ3v) is 2.20. The van der Waals surface area contributed by atoms with Crippen LogP contribution < -0.4 is 5.32 Å². The molecule has 0 aliphatic carbocycles. The van der Waals surface area contributed by atoms with Gasteiger partial charge in [-0.1, -0.05) is 12.6 Å². The number of carbonyl (C=O) groups is 1. The molecule has 0 aliphatic heterocycles. The van der Waals surface area contributed by atoms with Gasteiger partial charge in [-0.05, 0) is 18.2 Å². The van der Waals surface area contributed by atoms with Crippen LogP contribution in [0.25, 0.3) is 11.0 Å². The summed E-state index contributed by atoms with van der Waals surface area (Å²) in [6.45, 7) is 3.40. The van der Waals surface area contributed by atoms with E-state index in [0.29, 0.717) is 5.69 Å². The first-order valence-electron chi connectivity index (χ1n) is 4.56. The Morgan fingerprint density at radius 2 is 2.40 bits per heavy atom. The summed E-state index contributed by atoms with van der Waals surface area (Å²) in [6.07, 6.45) is 2.95. The van der Waals surface area contributed by atoms with Crippen LogP contribution in [-0.4, -0.2) is 15.5 Å². The molecule has 4 heteroatoms. The first kappa shape index (κ1) is 9.45. The second-order valence-electron chi connectivity index (χ2n) is 3.22. The van der Waals surface area contributed by atoms with Crippen molar-refractivity contribution in [1.29, 1.82) is 0 Å². The van der Waals surface area contributed by atoms with Gasteiger partial charge in [0.25, 0.3) is 0 Å². The molecular weight excluding hydrogens is 190 g/mol. The van der Waals surface area contributed by atoms with E-state index in [4.69, 9.17) is 0 Å². The van der Waals surface area contributed by atoms with Crippen LogP contribution in [0.15, 0.2) is 37.2 Å². The lowest BCUT2D eigenvalue weighted by Crippen LogP contribution is -2.07. The van der Waals surface area contributed by atoms with Gasteiger partial charge in [-0.15, -0.1) is 0 Å². The molecule has 0 fully saturated rings. The fourth-order valence-electron chi connectivity index (χ4n) is 1.44. The number of hydrogen-bond acceptors (Lipinski definition) is 2. The Morgan fingerprint density at radius 3 is 3.13 bits per heavy atom. The molecule has 1 N–H and O–H groups in total. The second kappa shape index (κ2) is 3.57. The molecule has 0 saturated carbocycles. The standard InChI is InChI=1S/C11H11N3O/c1-3-10(15)13-8-5-4-6-9-11(8)12-7-14(9)2/h3-7H,1H2,2H3,(H,13,15). The first-order chi connectivity index (χ1) is 7.22. The van der Waals surface area contributed by atoms with E-state index < -0.39 is 0 Å². The van der Waals surface area contributed by atoms with Gasteiger partial charge >= 0.3 is 0 Å². The van der Waals surface area contributed by atoms with Crippen LogP contribution in [0.3, 0.4) is 0 Å². The first-order valence-corrected chi connectivity index (χ1v) is 4.56. The zero-order valence-corrected chi connectivity index (χ0v) is 8.40. The van der Waals surface area contributed by atoms with Gasteiger partial charge in [-0.2, -0.15) is 0 Å². The van der Waals surface area contributed by atoms with E-state index in [-0.39, 0.29) is 5.91 Å². The van der Waals surface area contributed by atoms with Gasteiger partial charge in [0.05, 0.1) is 17.5 Å². The van der Waals surface area contributed by atoms with Crippen molar-refractivity contribution in [3.63, 3.8) is 0 Å². The molecule has 0 bridgehead atoms. The van der Waals surface area contributed by atoms with E-state index >= 15 is 0 Å². The van der Waals surface area contributed by atoms with Crippen LogP contribution in [0.2, 0.25) is 0 Å². The lowest BCUT2D eigenvalue weighted by Gasteiger charge is -2.02. The summed E-state index contributed by atoms with van der Waals surface area (Å²) < 4.78 is 1.90. The van der Waals surface area contributed by atoms with Crippen LogP contribution in [0.5, 0.6) is 0 Å². The molecule has 0 saturated heterocycles.